The highest BCUT2D eigenvalue weighted by Crippen LogP contribution is 2.31. The van der Waals surface area contributed by atoms with E-state index < -0.39 is 17.7 Å². The molecule has 1 rings (SSSR count). The summed E-state index contributed by atoms with van der Waals surface area (Å²) in [6.07, 6.45) is 0. The van der Waals surface area contributed by atoms with Crippen LogP contribution in [0.15, 0.2) is 12.1 Å². The van der Waals surface area contributed by atoms with E-state index >= 15 is 0 Å². The van der Waals surface area contributed by atoms with Gasteiger partial charge in [0, 0.05) is 5.56 Å². The smallest absolute Gasteiger partial charge is 0.311 e. The van der Waals surface area contributed by atoms with E-state index in [1.807, 2.05) is 0 Å². The molecule has 3 nitrogen and oxygen atoms in total. The second kappa shape index (κ2) is 5.17. The van der Waals surface area contributed by atoms with Gasteiger partial charge >= 0.3 is 5.97 Å². The number of hydrogen-bond donors (Lipinski definition) is 1. The number of aryl methyl sites for hydroxylation is 1. The first-order valence-corrected chi connectivity index (χ1v) is 5.45. The van der Waals surface area contributed by atoms with Crippen LogP contribution in [0.25, 0.3) is 0 Å². The summed E-state index contributed by atoms with van der Waals surface area (Å²) >= 11 is 0. The molecule has 4 heteroatoms. The van der Waals surface area contributed by atoms with Crippen LogP contribution in [0.1, 0.15) is 30.9 Å². The molecule has 0 aliphatic heterocycles. The molecule has 0 saturated heterocycles. The Morgan fingerprint density at radius 1 is 1.41 bits per heavy atom. The highest BCUT2D eigenvalue weighted by Gasteiger charge is 2.27. The molecule has 0 bridgehead atoms. The number of carboxylic acids is 1. The van der Waals surface area contributed by atoms with Crippen LogP contribution < -0.4 is 4.74 Å². The fraction of sp³-hybridized carbons (Fsp3) is 0.462. The largest absolute Gasteiger partial charge is 0.497 e. The van der Waals surface area contributed by atoms with Gasteiger partial charge in [0.15, 0.2) is 0 Å². The van der Waals surface area contributed by atoms with E-state index in [0.29, 0.717) is 11.3 Å². The number of ether oxygens (including phenoxy) is 1. The summed E-state index contributed by atoms with van der Waals surface area (Å²) in [5.74, 6) is -2.05. The number of carbonyl (C=O) groups is 1. The summed E-state index contributed by atoms with van der Waals surface area (Å²) in [7, 11) is 1.47. The second-order valence-corrected chi connectivity index (χ2v) is 4.41. The van der Waals surface area contributed by atoms with Crippen LogP contribution in [0, 0.1) is 18.7 Å². The highest BCUT2D eigenvalue weighted by molar-refractivity contribution is 5.76. The van der Waals surface area contributed by atoms with Crippen LogP contribution in [-0.4, -0.2) is 18.2 Å². The predicted molar refractivity (Wildman–Crippen MR) is 62.9 cm³/mol. The van der Waals surface area contributed by atoms with Crippen molar-refractivity contribution in [3.05, 3.63) is 29.1 Å². The summed E-state index contributed by atoms with van der Waals surface area (Å²) in [5.41, 5.74) is 0.579. The number of hydrogen-bond acceptors (Lipinski definition) is 2. The maximum Gasteiger partial charge on any atom is 0.311 e. The molecule has 0 spiro atoms. The molecule has 0 aliphatic carbocycles. The molecule has 1 aromatic rings. The summed E-state index contributed by atoms with van der Waals surface area (Å²) in [6.45, 7) is 5.11. The van der Waals surface area contributed by atoms with Gasteiger partial charge in [-0.2, -0.15) is 0 Å². The minimum Gasteiger partial charge on any atom is -0.497 e. The monoisotopic (exact) mass is 240 g/mol. The zero-order valence-electron chi connectivity index (χ0n) is 10.5. The molecule has 0 radical (unpaired) electrons. The van der Waals surface area contributed by atoms with Crippen LogP contribution >= 0.6 is 0 Å². The van der Waals surface area contributed by atoms with Gasteiger partial charge in [-0.05, 0) is 30.5 Å². The van der Waals surface area contributed by atoms with E-state index in [1.54, 1.807) is 26.8 Å². The van der Waals surface area contributed by atoms with Crippen molar-refractivity contribution in [3.8, 4) is 5.75 Å². The van der Waals surface area contributed by atoms with Gasteiger partial charge in [0.2, 0.25) is 0 Å². The quantitative estimate of drug-likeness (QED) is 0.880. The zero-order chi connectivity index (χ0) is 13.2. The topological polar surface area (TPSA) is 46.5 Å². The summed E-state index contributed by atoms with van der Waals surface area (Å²) < 4.78 is 19.0. The predicted octanol–water partition coefficient (Wildman–Crippen LogP) is 2.97. The Morgan fingerprint density at radius 2 is 2.00 bits per heavy atom. The van der Waals surface area contributed by atoms with Gasteiger partial charge in [0.05, 0.1) is 13.0 Å². The lowest BCUT2D eigenvalue weighted by atomic mass is 9.87. The summed E-state index contributed by atoms with van der Waals surface area (Å²) in [6, 6.07) is 3.01. The summed E-state index contributed by atoms with van der Waals surface area (Å²) in [5, 5.41) is 9.17. The van der Waals surface area contributed by atoms with Gasteiger partial charge in [0.25, 0.3) is 0 Å². The normalized spacial score (nSPS) is 12.6. The molecular weight excluding hydrogens is 223 g/mol. The van der Waals surface area contributed by atoms with Gasteiger partial charge < -0.3 is 9.84 Å². The SMILES string of the molecule is COc1cc(C)c(F)c(C(C(=O)O)C(C)C)c1. The van der Waals surface area contributed by atoms with Crippen LogP contribution in [0.4, 0.5) is 4.39 Å². The molecule has 0 aromatic heterocycles. The van der Waals surface area contributed by atoms with Crippen LogP contribution in [0.3, 0.4) is 0 Å². The maximum absolute atomic E-state index is 14.0. The minimum absolute atomic E-state index is 0.185. The van der Waals surface area contributed by atoms with Crippen molar-refractivity contribution in [2.24, 2.45) is 5.92 Å². The van der Waals surface area contributed by atoms with Gasteiger partial charge in [-0.15, -0.1) is 0 Å². The van der Waals surface area contributed by atoms with E-state index in [9.17, 15) is 9.18 Å². The third kappa shape index (κ3) is 2.75. The van der Waals surface area contributed by atoms with Crippen molar-refractivity contribution in [3.63, 3.8) is 0 Å². The average molecular weight is 240 g/mol. The van der Waals surface area contributed by atoms with Crippen molar-refractivity contribution in [2.75, 3.05) is 7.11 Å². The molecule has 1 unspecified atom stereocenters. The van der Waals surface area contributed by atoms with Crippen molar-refractivity contribution in [1.29, 1.82) is 0 Å². The first kappa shape index (κ1) is 13.5. The minimum atomic E-state index is -1.02. The third-order valence-corrected chi connectivity index (χ3v) is 2.76. The number of benzene rings is 1. The Labute approximate surface area is 100 Å². The lowest BCUT2D eigenvalue weighted by Crippen LogP contribution is -2.19. The van der Waals surface area contributed by atoms with Crippen LogP contribution in [-0.2, 0) is 4.79 Å². The fourth-order valence-corrected chi connectivity index (χ4v) is 1.88. The molecule has 1 N–H and O–H groups in total. The molecule has 0 amide bonds. The van der Waals surface area contributed by atoms with Gasteiger partial charge in [-0.1, -0.05) is 13.8 Å². The van der Waals surface area contributed by atoms with E-state index in [-0.39, 0.29) is 11.5 Å². The number of carboxylic acid groups (broad SMARTS) is 1. The van der Waals surface area contributed by atoms with Crippen molar-refractivity contribution in [1.82, 2.24) is 0 Å². The van der Waals surface area contributed by atoms with Crippen LogP contribution in [0.5, 0.6) is 5.75 Å². The molecule has 17 heavy (non-hydrogen) atoms. The number of methoxy groups -OCH3 is 1. The van der Waals surface area contributed by atoms with Crippen molar-refractivity contribution >= 4 is 5.97 Å². The molecule has 1 aromatic carbocycles. The summed E-state index contributed by atoms with van der Waals surface area (Å²) in [4.78, 5) is 11.2. The Bertz CT molecular complexity index is 427. The molecule has 0 heterocycles. The number of rotatable bonds is 4. The Morgan fingerprint density at radius 3 is 2.41 bits per heavy atom. The zero-order valence-corrected chi connectivity index (χ0v) is 10.5. The van der Waals surface area contributed by atoms with Gasteiger partial charge in [-0.3, -0.25) is 4.79 Å². The number of halogens is 1. The lowest BCUT2D eigenvalue weighted by Gasteiger charge is -2.19. The molecule has 1 atom stereocenters. The average Bonchev–Trinajstić information content (AvgIpc) is 2.23. The first-order chi connectivity index (χ1) is 7.88. The molecule has 0 fully saturated rings. The van der Waals surface area contributed by atoms with E-state index in [1.165, 1.54) is 13.2 Å². The van der Waals surface area contributed by atoms with E-state index in [4.69, 9.17) is 9.84 Å². The van der Waals surface area contributed by atoms with Crippen molar-refractivity contribution in [2.45, 2.75) is 26.7 Å². The maximum atomic E-state index is 14.0. The molecular formula is C13H17FO3. The number of aliphatic carboxylic acids is 1. The Balaban J connectivity index is 3.36. The fourth-order valence-electron chi connectivity index (χ4n) is 1.88. The van der Waals surface area contributed by atoms with E-state index in [2.05, 4.69) is 0 Å². The first-order valence-electron chi connectivity index (χ1n) is 5.45. The molecule has 94 valence electrons. The van der Waals surface area contributed by atoms with E-state index in [0.717, 1.165) is 0 Å². The van der Waals surface area contributed by atoms with Gasteiger partial charge in [-0.25, -0.2) is 4.39 Å². The standard InChI is InChI=1S/C13H17FO3/c1-7(2)11(13(15)16)10-6-9(17-4)5-8(3)12(10)14/h5-7,11H,1-4H3,(H,15,16). The Hall–Kier alpha value is -1.58. The highest BCUT2D eigenvalue weighted by atomic mass is 19.1. The Kier molecular flexibility index (Phi) is 4.10. The van der Waals surface area contributed by atoms with Crippen LogP contribution in [0.2, 0.25) is 0 Å². The second-order valence-electron chi connectivity index (χ2n) is 4.41. The van der Waals surface area contributed by atoms with Crippen molar-refractivity contribution < 1.29 is 19.0 Å². The molecule has 0 saturated carbocycles. The lowest BCUT2D eigenvalue weighted by molar-refractivity contribution is -0.139. The third-order valence-electron chi connectivity index (χ3n) is 2.76. The van der Waals surface area contributed by atoms with Gasteiger partial charge in [0.1, 0.15) is 11.6 Å². The molecule has 0 aliphatic rings.